The second-order valence-corrected chi connectivity index (χ2v) is 5.29. The second-order valence-electron chi connectivity index (χ2n) is 5.29. The predicted octanol–water partition coefficient (Wildman–Crippen LogP) is 2.37. The fourth-order valence-electron chi connectivity index (χ4n) is 2.26. The molecule has 19 heavy (non-hydrogen) atoms. The molecule has 0 saturated carbocycles. The molecule has 1 rings (SSSR count). The van der Waals surface area contributed by atoms with E-state index >= 15 is 0 Å². The van der Waals surface area contributed by atoms with Crippen LogP contribution in [0.4, 0.5) is 0 Å². The second kappa shape index (κ2) is 8.18. The Bertz CT molecular complexity index is 377. The smallest absolute Gasteiger partial charge is 0.122 e. The lowest BCUT2D eigenvalue weighted by molar-refractivity contribution is 0.407. The molecule has 0 radical (unpaired) electrons. The summed E-state index contributed by atoms with van der Waals surface area (Å²) in [4.78, 5) is 0. The summed E-state index contributed by atoms with van der Waals surface area (Å²) >= 11 is 0. The Labute approximate surface area is 117 Å². The Hall–Kier alpha value is -1.06. The molecule has 0 aliphatic heterocycles. The van der Waals surface area contributed by atoms with Crippen molar-refractivity contribution in [2.75, 3.05) is 20.2 Å². The first-order chi connectivity index (χ1) is 9.12. The molecule has 1 atom stereocenters. The van der Waals surface area contributed by atoms with Crippen molar-refractivity contribution in [2.45, 2.75) is 39.7 Å². The van der Waals surface area contributed by atoms with Crippen LogP contribution in [0.1, 0.15) is 31.9 Å². The van der Waals surface area contributed by atoms with Gasteiger partial charge in [-0.3, -0.25) is 0 Å². The first-order valence-electron chi connectivity index (χ1n) is 7.21. The van der Waals surface area contributed by atoms with Crippen molar-refractivity contribution in [3.8, 4) is 5.75 Å². The molecule has 0 fully saturated rings. The molecule has 1 aromatic rings. The van der Waals surface area contributed by atoms with E-state index < -0.39 is 0 Å². The van der Waals surface area contributed by atoms with Gasteiger partial charge in [0.2, 0.25) is 0 Å². The molecule has 1 unspecified atom stereocenters. The van der Waals surface area contributed by atoms with E-state index in [1.54, 1.807) is 7.11 Å². The van der Waals surface area contributed by atoms with Crippen molar-refractivity contribution < 1.29 is 4.74 Å². The Morgan fingerprint density at radius 3 is 2.58 bits per heavy atom. The van der Waals surface area contributed by atoms with E-state index in [1.165, 1.54) is 11.1 Å². The largest absolute Gasteiger partial charge is 0.496 e. The van der Waals surface area contributed by atoms with Gasteiger partial charge in [-0.1, -0.05) is 32.9 Å². The number of hydrogen-bond donors (Lipinski definition) is 2. The number of nitrogens with two attached hydrogens (primary N) is 1. The van der Waals surface area contributed by atoms with Gasteiger partial charge in [-0.05, 0) is 42.5 Å². The number of ether oxygens (including phenoxy) is 1. The lowest BCUT2D eigenvalue weighted by atomic mass is 10.0. The van der Waals surface area contributed by atoms with Gasteiger partial charge >= 0.3 is 0 Å². The lowest BCUT2D eigenvalue weighted by Gasteiger charge is -2.20. The Balaban J connectivity index is 2.54. The number of rotatable bonds is 8. The quantitative estimate of drug-likeness (QED) is 0.758. The van der Waals surface area contributed by atoms with Crippen LogP contribution in [0.3, 0.4) is 0 Å². The summed E-state index contributed by atoms with van der Waals surface area (Å²) in [5.41, 5.74) is 8.39. The van der Waals surface area contributed by atoms with Gasteiger partial charge in [-0.2, -0.15) is 0 Å². The van der Waals surface area contributed by atoms with Crippen LogP contribution in [-0.4, -0.2) is 26.2 Å². The highest BCUT2D eigenvalue weighted by Gasteiger charge is 2.10. The molecular weight excluding hydrogens is 236 g/mol. The molecule has 3 nitrogen and oxygen atoms in total. The summed E-state index contributed by atoms with van der Waals surface area (Å²) in [6, 6.07) is 6.86. The van der Waals surface area contributed by atoms with E-state index in [9.17, 15) is 0 Å². The number of aryl methyl sites for hydroxylation is 1. The molecule has 0 aliphatic carbocycles. The highest BCUT2D eigenvalue weighted by Crippen LogP contribution is 2.20. The van der Waals surface area contributed by atoms with Gasteiger partial charge < -0.3 is 15.8 Å². The summed E-state index contributed by atoms with van der Waals surface area (Å²) in [7, 11) is 1.73. The SMILES string of the molecule is CCc1cc(CCNC(CN)C(C)C)ccc1OC. The number of hydrogen-bond acceptors (Lipinski definition) is 3. The van der Waals surface area contributed by atoms with Crippen LogP contribution in [0.25, 0.3) is 0 Å². The van der Waals surface area contributed by atoms with Crippen LogP contribution in [0.2, 0.25) is 0 Å². The summed E-state index contributed by atoms with van der Waals surface area (Å²) in [6.45, 7) is 8.22. The van der Waals surface area contributed by atoms with E-state index in [0.29, 0.717) is 18.5 Å². The van der Waals surface area contributed by atoms with Crippen LogP contribution in [-0.2, 0) is 12.8 Å². The molecule has 108 valence electrons. The normalized spacial score (nSPS) is 12.7. The summed E-state index contributed by atoms with van der Waals surface area (Å²) in [5.74, 6) is 1.56. The molecule has 0 bridgehead atoms. The van der Waals surface area contributed by atoms with Gasteiger partial charge in [0.25, 0.3) is 0 Å². The first-order valence-corrected chi connectivity index (χ1v) is 7.21. The molecule has 1 aromatic carbocycles. The van der Waals surface area contributed by atoms with E-state index in [-0.39, 0.29) is 0 Å². The molecule has 0 spiro atoms. The molecule has 3 N–H and O–H groups in total. The number of nitrogens with one attached hydrogen (secondary N) is 1. The van der Waals surface area contributed by atoms with Gasteiger partial charge in [0.1, 0.15) is 5.75 Å². The van der Waals surface area contributed by atoms with Crippen molar-refractivity contribution in [3.63, 3.8) is 0 Å². The maximum Gasteiger partial charge on any atom is 0.122 e. The van der Waals surface area contributed by atoms with Crippen LogP contribution >= 0.6 is 0 Å². The van der Waals surface area contributed by atoms with Gasteiger partial charge in [0.15, 0.2) is 0 Å². The average Bonchev–Trinajstić information content (AvgIpc) is 2.42. The standard InChI is InChI=1S/C16H28N2O/c1-5-14-10-13(6-7-16(14)19-4)8-9-18-15(11-17)12(2)3/h6-7,10,12,15,18H,5,8-9,11,17H2,1-4H3. The maximum atomic E-state index is 5.76. The zero-order valence-electron chi connectivity index (χ0n) is 12.7. The average molecular weight is 264 g/mol. The van der Waals surface area contributed by atoms with E-state index in [0.717, 1.165) is 25.1 Å². The van der Waals surface area contributed by atoms with Crippen molar-refractivity contribution >= 4 is 0 Å². The van der Waals surface area contributed by atoms with Crippen LogP contribution < -0.4 is 15.8 Å². The third-order valence-corrected chi connectivity index (χ3v) is 3.60. The minimum absolute atomic E-state index is 0.406. The van der Waals surface area contributed by atoms with Gasteiger partial charge in [-0.25, -0.2) is 0 Å². The van der Waals surface area contributed by atoms with Crippen LogP contribution in [0.15, 0.2) is 18.2 Å². The fraction of sp³-hybridized carbons (Fsp3) is 0.625. The summed E-state index contributed by atoms with van der Waals surface area (Å²) < 4.78 is 5.35. The molecule has 0 aliphatic rings. The summed E-state index contributed by atoms with van der Waals surface area (Å²) in [6.07, 6.45) is 2.03. The van der Waals surface area contributed by atoms with Crippen LogP contribution in [0, 0.1) is 5.92 Å². The third kappa shape index (κ3) is 4.84. The van der Waals surface area contributed by atoms with E-state index in [1.807, 2.05) is 0 Å². The van der Waals surface area contributed by atoms with Gasteiger partial charge in [0.05, 0.1) is 7.11 Å². The topological polar surface area (TPSA) is 47.3 Å². The van der Waals surface area contributed by atoms with Gasteiger partial charge in [0, 0.05) is 12.6 Å². The summed E-state index contributed by atoms with van der Waals surface area (Å²) in [5, 5.41) is 3.53. The third-order valence-electron chi connectivity index (χ3n) is 3.60. The molecule has 3 heteroatoms. The van der Waals surface area contributed by atoms with Crippen LogP contribution in [0.5, 0.6) is 5.75 Å². The molecule has 0 aromatic heterocycles. The minimum Gasteiger partial charge on any atom is -0.496 e. The number of benzene rings is 1. The van der Waals surface area contributed by atoms with Crippen molar-refractivity contribution in [3.05, 3.63) is 29.3 Å². The van der Waals surface area contributed by atoms with Crippen molar-refractivity contribution in [2.24, 2.45) is 11.7 Å². The highest BCUT2D eigenvalue weighted by molar-refractivity contribution is 5.37. The molecule has 0 saturated heterocycles. The van der Waals surface area contributed by atoms with E-state index in [4.69, 9.17) is 10.5 Å². The lowest BCUT2D eigenvalue weighted by Crippen LogP contribution is -2.41. The van der Waals surface area contributed by atoms with E-state index in [2.05, 4.69) is 44.3 Å². The first kappa shape index (κ1) is 16.0. The van der Waals surface area contributed by atoms with Crippen molar-refractivity contribution in [1.82, 2.24) is 5.32 Å². The predicted molar refractivity (Wildman–Crippen MR) is 81.8 cm³/mol. The minimum atomic E-state index is 0.406. The van der Waals surface area contributed by atoms with Gasteiger partial charge in [-0.15, -0.1) is 0 Å². The molecule has 0 amide bonds. The monoisotopic (exact) mass is 264 g/mol. The molecule has 0 heterocycles. The zero-order valence-corrected chi connectivity index (χ0v) is 12.7. The fourth-order valence-corrected chi connectivity index (χ4v) is 2.26. The highest BCUT2D eigenvalue weighted by atomic mass is 16.5. The Morgan fingerprint density at radius 1 is 1.32 bits per heavy atom. The van der Waals surface area contributed by atoms with Crippen molar-refractivity contribution in [1.29, 1.82) is 0 Å². The Morgan fingerprint density at radius 2 is 2.05 bits per heavy atom. The maximum absolute atomic E-state index is 5.76. The number of methoxy groups -OCH3 is 1. The molecular formula is C16H28N2O. The zero-order chi connectivity index (χ0) is 14.3. The Kier molecular flexibility index (Phi) is 6.89.